The molecule has 10 heteroatoms. The molecule has 0 aliphatic carbocycles. The standard InChI is InChI=1S/C22H23F4N3O3/c1-12(2)17-9-19(29-16-7-14(22(24,25)26)6-15(23)8-16)27-11-18(17)21(31)28-10-13-3-4-32-20(30)5-13/h6-9,11-13H,3-5,10H2,1-2H3,(H,27,29)(H,28,31). The molecule has 1 aliphatic heterocycles. The number of anilines is 2. The van der Waals surface area contributed by atoms with Crippen LogP contribution in [0, 0.1) is 11.7 Å². The number of rotatable bonds is 6. The van der Waals surface area contributed by atoms with Crippen molar-refractivity contribution in [1.82, 2.24) is 10.3 Å². The highest BCUT2D eigenvalue weighted by Crippen LogP contribution is 2.32. The van der Waals surface area contributed by atoms with Gasteiger partial charge in [0, 0.05) is 18.4 Å². The van der Waals surface area contributed by atoms with Crippen molar-refractivity contribution in [3.63, 3.8) is 0 Å². The van der Waals surface area contributed by atoms with E-state index in [1.807, 2.05) is 13.8 Å². The van der Waals surface area contributed by atoms with Crippen LogP contribution in [-0.4, -0.2) is 30.0 Å². The molecule has 1 fully saturated rings. The Balaban J connectivity index is 1.77. The molecule has 3 rings (SSSR count). The summed E-state index contributed by atoms with van der Waals surface area (Å²) in [6, 6.07) is 3.69. The van der Waals surface area contributed by atoms with Crippen LogP contribution in [0.15, 0.2) is 30.5 Å². The number of pyridine rings is 1. The zero-order valence-electron chi connectivity index (χ0n) is 17.6. The van der Waals surface area contributed by atoms with Gasteiger partial charge in [-0.15, -0.1) is 0 Å². The van der Waals surface area contributed by atoms with Gasteiger partial charge in [0.05, 0.1) is 24.2 Å². The molecule has 2 N–H and O–H groups in total. The lowest BCUT2D eigenvalue weighted by Crippen LogP contribution is -2.34. The highest BCUT2D eigenvalue weighted by Gasteiger charge is 2.31. The van der Waals surface area contributed by atoms with Crippen LogP contribution in [0.1, 0.15) is 54.1 Å². The predicted molar refractivity (Wildman–Crippen MR) is 109 cm³/mol. The Kier molecular flexibility index (Phi) is 7.00. The normalized spacial score (nSPS) is 16.6. The van der Waals surface area contributed by atoms with Crippen LogP contribution >= 0.6 is 0 Å². The molecule has 0 saturated carbocycles. The number of ether oxygens (including phenoxy) is 1. The Morgan fingerprint density at radius 2 is 2.00 bits per heavy atom. The molecule has 1 aromatic heterocycles. The van der Waals surface area contributed by atoms with Crippen LogP contribution in [0.5, 0.6) is 0 Å². The minimum atomic E-state index is -4.69. The van der Waals surface area contributed by atoms with Gasteiger partial charge in [0.15, 0.2) is 0 Å². The monoisotopic (exact) mass is 453 g/mol. The maximum Gasteiger partial charge on any atom is 0.416 e. The molecule has 1 unspecified atom stereocenters. The molecule has 1 saturated heterocycles. The van der Waals surface area contributed by atoms with E-state index in [2.05, 4.69) is 15.6 Å². The molecule has 32 heavy (non-hydrogen) atoms. The van der Waals surface area contributed by atoms with Crippen molar-refractivity contribution in [2.45, 2.75) is 38.8 Å². The van der Waals surface area contributed by atoms with Crippen LogP contribution in [0.25, 0.3) is 0 Å². The molecule has 0 bridgehead atoms. The van der Waals surface area contributed by atoms with Crippen LogP contribution in [0.4, 0.5) is 29.1 Å². The number of nitrogens with one attached hydrogen (secondary N) is 2. The van der Waals surface area contributed by atoms with Crippen molar-refractivity contribution >= 4 is 23.4 Å². The summed E-state index contributed by atoms with van der Waals surface area (Å²) in [4.78, 5) is 28.2. The first-order valence-electron chi connectivity index (χ1n) is 10.1. The zero-order valence-corrected chi connectivity index (χ0v) is 17.6. The molecule has 1 aromatic carbocycles. The maximum absolute atomic E-state index is 13.7. The van der Waals surface area contributed by atoms with Crippen LogP contribution in [-0.2, 0) is 15.7 Å². The number of carbonyl (C=O) groups is 2. The van der Waals surface area contributed by atoms with Gasteiger partial charge in [0.2, 0.25) is 0 Å². The second kappa shape index (κ2) is 9.54. The first-order chi connectivity index (χ1) is 15.0. The summed E-state index contributed by atoms with van der Waals surface area (Å²) in [6.45, 7) is 4.36. The third kappa shape index (κ3) is 5.95. The maximum atomic E-state index is 13.7. The third-order valence-electron chi connectivity index (χ3n) is 5.10. The van der Waals surface area contributed by atoms with Crippen molar-refractivity contribution in [3.05, 3.63) is 53.0 Å². The zero-order chi connectivity index (χ0) is 23.5. The number of aromatic nitrogens is 1. The molecule has 1 aliphatic rings. The van der Waals surface area contributed by atoms with Crippen LogP contribution in [0.2, 0.25) is 0 Å². The van der Waals surface area contributed by atoms with Gasteiger partial charge < -0.3 is 15.4 Å². The molecule has 2 aromatic rings. The summed E-state index contributed by atoms with van der Waals surface area (Å²) in [5, 5.41) is 5.48. The van der Waals surface area contributed by atoms with Gasteiger partial charge in [-0.2, -0.15) is 13.2 Å². The molecular formula is C22H23F4N3O3. The van der Waals surface area contributed by atoms with E-state index in [0.29, 0.717) is 36.8 Å². The highest BCUT2D eigenvalue weighted by molar-refractivity contribution is 5.96. The Labute approximate surface area is 182 Å². The molecule has 2 heterocycles. The lowest BCUT2D eigenvalue weighted by atomic mass is 9.97. The number of benzene rings is 1. The van der Waals surface area contributed by atoms with Crippen molar-refractivity contribution in [1.29, 1.82) is 0 Å². The van der Waals surface area contributed by atoms with E-state index in [1.165, 1.54) is 6.20 Å². The molecule has 1 atom stereocenters. The quantitative estimate of drug-likeness (QED) is 0.486. The van der Waals surface area contributed by atoms with Crippen LogP contribution < -0.4 is 10.6 Å². The molecular weight excluding hydrogens is 430 g/mol. The van der Waals surface area contributed by atoms with E-state index in [0.717, 1.165) is 12.1 Å². The number of halogens is 4. The smallest absolute Gasteiger partial charge is 0.416 e. The first-order valence-corrected chi connectivity index (χ1v) is 10.1. The number of nitrogens with zero attached hydrogens (tertiary/aromatic N) is 1. The van der Waals surface area contributed by atoms with E-state index in [1.54, 1.807) is 6.07 Å². The topological polar surface area (TPSA) is 80.3 Å². The summed E-state index contributed by atoms with van der Waals surface area (Å²) < 4.78 is 57.4. The second-order valence-corrected chi connectivity index (χ2v) is 7.95. The number of hydrogen-bond donors (Lipinski definition) is 2. The summed E-state index contributed by atoms with van der Waals surface area (Å²) in [6.07, 6.45) is -2.46. The van der Waals surface area contributed by atoms with Gasteiger partial charge in [0.1, 0.15) is 11.6 Å². The Morgan fingerprint density at radius 3 is 2.66 bits per heavy atom. The molecule has 1 amide bonds. The minimum absolute atomic E-state index is 0.00703. The van der Waals surface area contributed by atoms with E-state index >= 15 is 0 Å². The predicted octanol–water partition coefficient (Wildman–Crippen LogP) is 4.79. The summed E-state index contributed by atoms with van der Waals surface area (Å²) in [5.74, 6) is -1.61. The largest absolute Gasteiger partial charge is 0.466 e. The fourth-order valence-corrected chi connectivity index (χ4v) is 3.42. The first kappa shape index (κ1) is 23.5. The summed E-state index contributed by atoms with van der Waals surface area (Å²) in [7, 11) is 0. The van der Waals surface area contributed by atoms with E-state index < -0.39 is 17.6 Å². The van der Waals surface area contributed by atoms with E-state index in [-0.39, 0.29) is 41.6 Å². The number of hydrogen-bond acceptors (Lipinski definition) is 5. The lowest BCUT2D eigenvalue weighted by molar-refractivity contribution is -0.149. The van der Waals surface area contributed by atoms with E-state index in [4.69, 9.17) is 4.74 Å². The fraction of sp³-hybridized carbons (Fsp3) is 0.409. The van der Waals surface area contributed by atoms with Crippen molar-refractivity contribution < 1.29 is 31.9 Å². The highest BCUT2D eigenvalue weighted by atomic mass is 19.4. The van der Waals surface area contributed by atoms with Crippen LogP contribution in [0.3, 0.4) is 0 Å². The molecule has 6 nitrogen and oxygen atoms in total. The number of cyclic esters (lactones) is 1. The Morgan fingerprint density at radius 1 is 1.25 bits per heavy atom. The number of alkyl halides is 3. The lowest BCUT2D eigenvalue weighted by Gasteiger charge is -2.22. The fourth-order valence-electron chi connectivity index (χ4n) is 3.42. The Bertz CT molecular complexity index is 1010. The molecule has 0 radical (unpaired) electrons. The number of esters is 1. The third-order valence-corrected chi connectivity index (χ3v) is 5.10. The average Bonchev–Trinajstić information content (AvgIpc) is 2.71. The molecule has 0 spiro atoms. The van der Waals surface area contributed by atoms with E-state index in [9.17, 15) is 27.2 Å². The van der Waals surface area contributed by atoms with Gasteiger partial charge in [-0.05, 0) is 48.1 Å². The molecule has 172 valence electrons. The van der Waals surface area contributed by atoms with Crippen molar-refractivity contribution in [3.8, 4) is 0 Å². The summed E-state index contributed by atoms with van der Waals surface area (Å²) >= 11 is 0. The average molecular weight is 453 g/mol. The Hall–Kier alpha value is -3.17. The van der Waals surface area contributed by atoms with Gasteiger partial charge in [-0.3, -0.25) is 9.59 Å². The van der Waals surface area contributed by atoms with Gasteiger partial charge in [-0.25, -0.2) is 9.37 Å². The van der Waals surface area contributed by atoms with Crippen molar-refractivity contribution in [2.75, 3.05) is 18.5 Å². The number of carbonyl (C=O) groups excluding carboxylic acids is 2. The SMILES string of the molecule is CC(C)c1cc(Nc2cc(F)cc(C(F)(F)F)c2)ncc1C(=O)NCC1CCOC(=O)C1. The van der Waals surface area contributed by atoms with Gasteiger partial charge >= 0.3 is 12.1 Å². The van der Waals surface area contributed by atoms with Crippen molar-refractivity contribution in [2.24, 2.45) is 5.92 Å². The minimum Gasteiger partial charge on any atom is -0.466 e. The van der Waals surface area contributed by atoms with Gasteiger partial charge in [-0.1, -0.05) is 13.8 Å². The number of amides is 1. The van der Waals surface area contributed by atoms with Gasteiger partial charge in [0.25, 0.3) is 5.91 Å². The second-order valence-electron chi connectivity index (χ2n) is 7.95. The summed E-state index contributed by atoms with van der Waals surface area (Å²) in [5.41, 5.74) is -0.290.